The Balaban J connectivity index is 1.54. The van der Waals surface area contributed by atoms with Crippen LogP contribution in [0.15, 0.2) is 59.3 Å². The third kappa shape index (κ3) is 4.14. The number of fused-ring (bicyclic) bond motifs is 2. The fraction of sp³-hybridized carbons (Fsp3) is 0.167. The van der Waals surface area contributed by atoms with Crippen molar-refractivity contribution in [2.75, 3.05) is 30.9 Å². The van der Waals surface area contributed by atoms with Gasteiger partial charge < -0.3 is 30.0 Å². The largest absolute Gasteiger partial charge is 0.506 e. The second kappa shape index (κ2) is 9.20. The van der Waals surface area contributed by atoms with E-state index in [4.69, 9.17) is 14.3 Å². The number of phenolic OH excluding ortho intramolecular Hbond substituents is 1. The zero-order chi connectivity index (χ0) is 23.5. The van der Waals surface area contributed by atoms with Crippen LogP contribution in [0.1, 0.15) is 6.42 Å². The van der Waals surface area contributed by atoms with Crippen LogP contribution in [-0.2, 0) is 0 Å². The van der Waals surface area contributed by atoms with Crippen LogP contribution in [0.4, 0.5) is 17.5 Å². The Labute approximate surface area is 194 Å². The minimum atomic E-state index is 0.0489. The minimum Gasteiger partial charge on any atom is -0.506 e. The van der Waals surface area contributed by atoms with Gasteiger partial charge in [0, 0.05) is 49.3 Å². The molecule has 0 radical (unpaired) electrons. The van der Waals surface area contributed by atoms with Crippen molar-refractivity contribution in [1.29, 1.82) is 0 Å². The predicted molar refractivity (Wildman–Crippen MR) is 128 cm³/mol. The number of para-hydroxylation sites is 1. The summed E-state index contributed by atoms with van der Waals surface area (Å²) in [6, 6.07) is 12.3. The molecule has 0 bridgehead atoms. The third-order valence-electron chi connectivity index (χ3n) is 5.17. The summed E-state index contributed by atoms with van der Waals surface area (Å²) in [5.41, 5.74) is 1.53. The lowest BCUT2D eigenvalue weighted by Gasteiger charge is -2.11. The van der Waals surface area contributed by atoms with E-state index in [2.05, 4.69) is 30.6 Å². The molecular formula is C24H22N6O4. The smallest absolute Gasteiger partial charge is 0.229 e. The van der Waals surface area contributed by atoms with Crippen LogP contribution in [0, 0.1) is 0 Å². The molecule has 0 atom stereocenters. The summed E-state index contributed by atoms with van der Waals surface area (Å²) in [6.45, 7) is 0.439. The molecule has 0 aliphatic heterocycles. The number of oxazole rings is 1. The van der Waals surface area contributed by atoms with Crippen molar-refractivity contribution in [1.82, 2.24) is 19.9 Å². The summed E-state index contributed by atoms with van der Waals surface area (Å²) in [7, 11) is 1.79. The van der Waals surface area contributed by atoms with Crippen molar-refractivity contribution >= 4 is 39.3 Å². The van der Waals surface area contributed by atoms with E-state index in [9.17, 15) is 5.11 Å². The maximum absolute atomic E-state index is 10.1. The number of aromatic hydroxyl groups is 1. The van der Waals surface area contributed by atoms with Gasteiger partial charge in [-0.25, -0.2) is 15.0 Å². The minimum absolute atomic E-state index is 0.0489. The summed E-state index contributed by atoms with van der Waals surface area (Å²) in [6.07, 6.45) is 3.92. The molecule has 4 aromatic heterocycles. The maximum atomic E-state index is 10.1. The van der Waals surface area contributed by atoms with Crippen LogP contribution in [-0.4, -0.2) is 50.4 Å². The van der Waals surface area contributed by atoms with Crippen molar-refractivity contribution in [2.24, 2.45) is 0 Å². The SMILES string of the molecule is CNc1ncc(-c2nc3c(O)cccc3o2)c2cc(Nc3cccc(OCCCO)n3)ncc12. The van der Waals surface area contributed by atoms with Gasteiger partial charge in [0.1, 0.15) is 23.2 Å². The van der Waals surface area contributed by atoms with Crippen molar-refractivity contribution in [3.63, 3.8) is 0 Å². The third-order valence-corrected chi connectivity index (χ3v) is 5.17. The van der Waals surface area contributed by atoms with E-state index >= 15 is 0 Å². The zero-order valence-corrected chi connectivity index (χ0v) is 18.3. The maximum Gasteiger partial charge on any atom is 0.229 e. The molecule has 4 N–H and O–H groups in total. The van der Waals surface area contributed by atoms with E-state index in [0.29, 0.717) is 58.9 Å². The number of phenols is 1. The van der Waals surface area contributed by atoms with Crippen LogP contribution in [0.2, 0.25) is 0 Å². The lowest BCUT2D eigenvalue weighted by Crippen LogP contribution is -2.03. The van der Waals surface area contributed by atoms with Crippen LogP contribution in [0.3, 0.4) is 0 Å². The zero-order valence-electron chi connectivity index (χ0n) is 18.3. The van der Waals surface area contributed by atoms with Crippen LogP contribution < -0.4 is 15.4 Å². The highest BCUT2D eigenvalue weighted by Crippen LogP contribution is 2.35. The number of anilines is 3. The highest BCUT2D eigenvalue weighted by atomic mass is 16.5. The number of hydrogen-bond acceptors (Lipinski definition) is 10. The van der Waals surface area contributed by atoms with Gasteiger partial charge in [-0.05, 0) is 24.3 Å². The Bertz CT molecular complexity index is 1470. The number of pyridine rings is 3. The summed E-state index contributed by atoms with van der Waals surface area (Å²) < 4.78 is 11.5. The van der Waals surface area contributed by atoms with Gasteiger partial charge >= 0.3 is 0 Å². The number of aliphatic hydroxyl groups excluding tert-OH is 1. The van der Waals surface area contributed by atoms with Crippen molar-refractivity contribution in [3.8, 4) is 23.1 Å². The molecule has 0 aliphatic carbocycles. The Hall–Kier alpha value is -4.44. The van der Waals surface area contributed by atoms with E-state index in [1.165, 1.54) is 0 Å². The molecule has 34 heavy (non-hydrogen) atoms. The Morgan fingerprint density at radius 3 is 2.71 bits per heavy atom. The van der Waals surface area contributed by atoms with Crippen LogP contribution in [0.25, 0.3) is 33.3 Å². The second-order valence-electron chi connectivity index (χ2n) is 7.44. The van der Waals surface area contributed by atoms with Gasteiger partial charge in [-0.2, -0.15) is 4.98 Å². The van der Waals surface area contributed by atoms with Gasteiger partial charge in [0.2, 0.25) is 11.8 Å². The fourth-order valence-electron chi connectivity index (χ4n) is 3.56. The first-order chi connectivity index (χ1) is 16.7. The number of aliphatic hydroxyl groups is 1. The highest BCUT2D eigenvalue weighted by Gasteiger charge is 2.17. The monoisotopic (exact) mass is 458 g/mol. The normalized spacial score (nSPS) is 11.1. The average molecular weight is 458 g/mol. The quantitative estimate of drug-likeness (QED) is 0.252. The van der Waals surface area contributed by atoms with Crippen LogP contribution >= 0.6 is 0 Å². The topological polar surface area (TPSA) is 138 Å². The molecule has 0 amide bonds. The molecule has 10 nitrogen and oxygen atoms in total. The number of ether oxygens (including phenoxy) is 1. The van der Waals surface area contributed by atoms with Crippen LogP contribution in [0.5, 0.6) is 11.6 Å². The fourth-order valence-corrected chi connectivity index (χ4v) is 3.56. The van der Waals surface area contributed by atoms with E-state index in [1.54, 1.807) is 49.8 Å². The highest BCUT2D eigenvalue weighted by molar-refractivity contribution is 6.02. The molecule has 0 saturated carbocycles. The first-order valence-electron chi connectivity index (χ1n) is 10.7. The first kappa shape index (κ1) is 21.4. The van der Waals surface area contributed by atoms with Crippen molar-refractivity contribution < 1.29 is 19.4 Å². The molecule has 5 rings (SSSR count). The molecule has 4 heterocycles. The lowest BCUT2D eigenvalue weighted by atomic mass is 10.1. The van der Waals surface area contributed by atoms with E-state index in [0.717, 1.165) is 10.8 Å². The summed E-state index contributed by atoms with van der Waals surface area (Å²) in [5.74, 6) is 2.62. The Morgan fingerprint density at radius 2 is 1.88 bits per heavy atom. The second-order valence-corrected chi connectivity index (χ2v) is 7.44. The van der Waals surface area contributed by atoms with Gasteiger partial charge in [-0.3, -0.25) is 0 Å². The molecule has 5 aromatic rings. The van der Waals surface area contributed by atoms with Gasteiger partial charge in [0.15, 0.2) is 11.1 Å². The number of aromatic nitrogens is 4. The molecule has 0 aliphatic rings. The Kier molecular flexibility index (Phi) is 5.79. The van der Waals surface area contributed by atoms with Gasteiger partial charge in [0.25, 0.3) is 0 Å². The first-order valence-corrected chi connectivity index (χ1v) is 10.7. The number of nitrogens with one attached hydrogen (secondary N) is 2. The van der Waals surface area contributed by atoms with Gasteiger partial charge in [-0.15, -0.1) is 0 Å². The molecule has 0 saturated heterocycles. The standard InChI is InChI=1S/C24H22N6O4/c1-25-23-15-12-26-20(28-19-7-3-8-21(29-19)33-10-4-9-31)11-14(15)16(13-27-23)24-30-22-17(32)5-2-6-18(22)34-24/h2-3,5-8,11-13,31-32H,4,9-10H2,1H3,(H,25,27)(H,26,28,29). The molecule has 172 valence electrons. The molecule has 0 spiro atoms. The van der Waals surface area contributed by atoms with E-state index in [1.807, 2.05) is 12.1 Å². The van der Waals surface area contributed by atoms with E-state index < -0.39 is 0 Å². The van der Waals surface area contributed by atoms with Crippen molar-refractivity contribution in [3.05, 3.63) is 54.9 Å². The number of benzene rings is 1. The summed E-state index contributed by atoms with van der Waals surface area (Å²) in [4.78, 5) is 17.9. The van der Waals surface area contributed by atoms with Gasteiger partial charge in [0.05, 0.1) is 12.2 Å². The summed E-state index contributed by atoms with van der Waals surface area (Å²) in [5, 5.41) is 26.9. The van der Waals surface area contributed by atoms with Gasteiger partial charge in [-0.1, -0.05) is 12.1 Å². The molecule has 0 unspecified atom stereocenters. The van der Waals surface area contributed by atoms with Crippen molar-refractivity contribution in [2.45, 2.75) is 6.42 Å². The molecule has 1 aromatic carbocycles. The molecular weight excluding hydrogens is 436 g/mol. The molecule has 10 heteroatoms. The number of rotatable bonds is 8. The number of hydrogen-bond donors (Lipinski definition) is 4. The lowest BCUT2D eigenvalue weighted by molar-refractivity contribution is 0.229. The summed E-state index contributed by atoms with van der Waals surface area (Å²) >= 11 is 0. The van der Waals surface area contributed by atoms with E-state index in [-0.39, 0.29) is 12.4 Å². The average Bonchev–Trinajstić information content (AvgIpc) is 3.29. The molecule has 0 fully saturated rings. The number of nitrogens with zero attached hydrogens (tertiary/aromatic N) is 4. The Morgan fingerprint density at radius 1 is 1.00 bits per heavy atom. The predicted octanol–water partition coefficient (Wildman–Crippen LogP) is 4.09.